The molecule has 0 spiro atoms. The summed E-state index contributed by atoms with van der Waals surface area (Å²) in [5, 5.41) is 0. The Balaban J connectivity index is 2.30. The predicted molar refractivity (Wildman–Crippen MR) is 66.0 cm³/mol. The van der Waals surface area contributed by atoms with Crippen LogP contribution in [0.4, 0.5) is 0 Å². The second-order valence-corrected chi connectivity index (χ2v) is 6.19. The first-order valence-electron chi connectivity index (χ1n) is 6.59. The van der Waals surface area contributed by atoms with E-state index < -0.39 is 0 Å². The highest BCUT2D eigenvalue weighted by molar-refractivity contribution is 4.81. The van der Waals surface area contributed by atoms with Crippen molar-refractivity contribution in [1.82, 2.24) is 0 Å². The Labute approximate surface area is 95.6 Å². The van der Waals surface area contributed by atoms with E-state index in [1.54, 1.807) is 0 Å². The Morgan fingerprint density at radius 1 is 1.13 bits per heavy atom. The summed E-state index contributed by atoms with van der Waals surface area (Å²) in [4.78, 5) is 0. The van der Waals surface area contributed by atoms with Crippen LogP contribution >= 0.6 is 0 Å². The summed E-state index contributed by atoms with van der Waals surface area (Å²) in [5.41, 5.74) is 0.487. The van der Waals surface area contributed by atoms with Gasteiger partial charge in [0.25, 0.3) is 0 Å². The molecule has 1 rings (SSSR count). The molecule has 1 aliphatic rings. The van der Waals surface area contributed by atoms with Crippen LogP contribution in [0.15, 0.2) is 0 Å². The minimum absolute atomic E-state index is 0.446. The summed E-state index contributed by atoms with van der Waals surface area (Å²) < 4.78 is 6.00. The average Bonchev–Trinajstić information content (AvgIpc) is 2.17. The second kappa shape index (κ2) is 5.34. The highest BCUT2D eigenvalue weighted by atomic mass is 16.5. The van der Waals surface area contributed by atoms with Gasteiger partial charge >= 0.3 is 0 Å². The minimum atomic E-state index is 0.446. The van der Waals surface area contributed by atoms with Crippen molar-refractivity contribution in [3.05, 3.63) is 0 Å². The lowest BCUT2D eigenvalue weighted by Crippen LogP contribution is -2.30. The number of hydrogen-bond donors (Lipinski definition) is 0. The lowest BCUT2D eigenvalue weighted by atomic mass is 9.72. The fourth-order valence-electron chi connectivity index (χ4n) is 2.49. The van der Waals surface area contributed by atoms with Crippen LogP contribution in [-0.4, -0.2) is 12.2 Å². The molecule has 1 fully saturated rings. The SMILES string of the molecule is CCC(C)O[C@H]1CC[C@H](C(C)(C)C)CC1. The first kappa shape index (κ1) is 13.0. The third-order valence-electron chi connectivity index (χ3n) is 3.90. The number of rotatable bonds is 3. The third kappa shape index (κ3) is 4.14. The molecule has 0 amide bonds. The molecule has 90 valence electrons. The van der Waals surface area contributed by atoms with Gasteiger partial charge in [0.15, 0.2) is 0 Å². The molecule has 0 aromatic carbocycles. The molecular formula is C14H28O. The van der Waals surface area contributed by atoms with E-state index in [1.807, 2.05) is 0 Å². The molecular weight excluding hydrogens is 184 g/mol. The third-order valence-corrected chi connectivity index (χ3v) is 3.90. The van der Waals surface area contributed by atoms with Crippen molar-refractivity contribution in [1.29, 1.82) is 0 Å². The highest BCUT2D eigenvalue weighted by Crippen LogP contribution is 2.38. The van der Waals surface area contributed by atoms with Crippen molar-refractivity contribution in [2.75, 3.05) is 0 Å². The molecule has 15 heavy (non-hydrogen) atoms. The molecule has 0 bridgehead atoms. The molecule has 0 saturated heterocycles. The zero-order chi connectivity index (χ0) is 11.5. The largest absolute Gasteiger partial charge is 0.375 e. The first-order chi connectivity index (χ1) is 6.93. The lowest BCUT2D eigenvalue weighted by Gasteiger charge is -2.37. The van der Waals surface area contributed by atoms with Crippen LogP contribution in [0.5, 0.6) is 0 Å². The van der Waals surface area contributed by atoms with Crippen molar-refractivity contribution in [2.24, 2.45) is 11.3 Å². The van der Waals surface area contributed by atoms with Gasteiger partial charge in [0.05, 0.1) is 12.2 Å². The van der Waals surface area contributed by atoms with E-state index in [0.29, 0.717) is 17.6 Å². The van der Waals surface area contributed by atoms with Gasteiger partial charge in [0.1, 0.15) is 0 Å². The van der Waals surface area contributed by atoms with Crippen LogP contribution in [0.2, 0.25) is 0 Å². The van der Waals surface area contributed by atoms with Crippen molar-refractivity contribution < 1.29 is 4.74 Å². The van der Waals surface area contributed by atoms with Crippen LogP contribution < -0.4 is 0 Å². The molecule has 1 nitrogen and oxygen atoms in total. The van der Waals surface area contributed by atoms with Gasteiger partial charge in [-0.3, -0.25) is 0 Å². The molecule has 0 aromatic rings. The van der Waals surface area contributed by atoms with Crippen LogP contribution in [0, 0.1) is 11.3 Å². The van der Waals surface area contributed by atoms with E-state index in [4.69, 9.17) is 4.74 Å². The van der Waals surface area contributed by atoms with Crippen LogP contribution in [0.25, 0.3) is 0 Å². The summed E-state index contributed by atoms with van der Waals surface area (Å²) >= 11 is 0. The fourth-order valence-corrected chi connectivity index (χ4v) is 2.49. The quantitative estimate of drug-likeness (QED) is 0.673. The van der Waals surface area contributed by atoms with Crippen molar-refractivity contribution >= 4 is 0 Å². The molecule has 0 N–H and O–H groups in total. The fraction of sp³-hybridized carbons (Fsp3) is 1.00. The van der Waals surface area contributed by atoms with E-state index in [0.717, 1.165) is 12.3 Å². The molecule has 1 saturated carbocycles. The zero-order valence-electron chi connectivity index (χ0n) is 11.2. The Morgan fingerprint density at radius 3 is 2.07 bits per heavy atom. The smallest absolute Gasteiger partial charge is 0.0579 e. The molecule has 1 aliphatic carbocycles. The topological polar surface area (TPSA) is 9.23 Å². The van der Waals surface area contributed by atoms with Gasteiger partial charge in [0, 0.05) is 0 Å². The van der Waals surface area contributed by atoms with Gasteiger partial charge in [-0.25, -0.2) is 0 Å². The summed E-state index contributed by atoms with van der Waals surface area (Å²) in [5.74, 6) is 0.897. The second-order valence-electron chi connectivity index (χ2n) is 6.19. The Hall–Kier alpha value is -0.0400. The van der Waals surface area contributed by atoms with Crippen LogP contribution in [-0.2, 0) is 4.74 Å². The standard InChI is InChI=1S/C14H28O/c1-6-11(2)15-13-9-7-12(8-10-13)14(3,4)5/h11-13H,6-10H2,1-5H3/t11?,12-,13-. The molecule has 0 aromatic heterocycles. The van der Waals surface area contributed by atoms with Crippen molar-refractivity contribution in [2.45, 2.75) is 78.9 Å². The van der Waals surface area contributed by atoms with Crippen LogP contribution in [0.3, 0.4) is 0 Å². The van der Waals surface area contributed by atoms with E-state index >= 15 is 0 Å². The van der Waals surface area contributed by atoms with Gasteiger partial charge in [-0.05, 0) is 50.4 Å². The predicted octanol–water partition coefficient (Wildman–Crippen LogP) is 4.41. The first-order valence-corrected chi connectivity index (χ1v) is 6.59. The molecule has 0 radical (unpaired) electrons. The summed E-state index contributed by atoms with van der Waals surface area (Å²) in [6.45, 7) is 11.5. The Morgan fingerprint density at radius 2 is 1.67 bits per heavy atom. The lowest BCUT2D eigenvalue weighted by molar-refractivity contribution is -0.0378. The molecule has 0 heterocycles. The Bertz CT molecular complexity index is 172. The molecule has 1 heteroatoms. The van der Waals surface area contributed by atoms with E-state index in [1.165, 1.54) is 25.7 Å². The molecule has 1 atom stereocenters. The average molecular weight is 212 g/mol. The molecule has 0 aliphatic heterocycles. The number of ether oxygens (including phenoxy) is 1. The zero-order valence-corrected chi connectivity index (χ0v) is 11.2. The minimum Gasteiger partial charge on any atom is -0.375 e. The van der Waals surface area contributed by atoms with E-state index in [2.05, 4.69) is 34.6 Å². The monoisotopic (exact) mass is 212 g/mol. The number of hydrogen-bond acceptors (Lipinski definition) is 1. The summed E-state index contributed by atoms with van der Waals surface area (Å²) in [6, 6.07) is 0. The maximum absolute atomic E-state index is 6.00. The van der Waals surface area contributed by atoms with Gasteiger partial charge in [-0.2, -0.15) is 0 Å². The van der Waals surface area contributed by atoms with E-state index in [-0.39, 0.29) is 0 Å². The summed E-state index contributed by atoms with van der Waals surface area (Å²) in [6.07, 6.45) is 7.37. The van der Waals surface area contributed by atoms with E-state index in [9.17, 15) is 0 Å². The summed E-state index contributed by atoms with van der Waals surface area (Å²) in [7, 11) is 0. The normalized spacial score (nSPS) is 30.2. The van der Waals surface area contributed by atoms with Crippen molar-refractivity contribution in [3.8, 4) is 0 Å². The maximum atomic E-state index is 6.00. The Kier molecular flexibility index (Phi) is 4.64. The van der Waals surface area contributed by atoms with Crippen molar-refractivity contribution in [3.63, 3.8) is 0 Å². The van der Waals surface area contributed by atoms with Gasteiger partial charge in [0.2, 0.25) is 0 Å². The van der Waals surface area contributed by atoms with Gasteiger partial charge in [-0.15, -0.1) is 0 Å². The van der Waals surface area contributed by atoms with Gasteiger partial charge < -0.3 is 4.74 Å². The van der Waals surface area contributed by atoms with Crippen LogP contribution in [0.1, 0.15) is 66.7 Å². The van der Waals surface area contributed by atoms with Gasteiger partial charge in [-0.1, -0.05) is 27.7 Å². The highest BCUT2D eigenvalue weighted by Gasteiger charge is 2.30. The molecule has 1 unspecified atom stereocenters. The maximum Gasteiger partial charge on any atom is 0.0579 e.